The molecule has 5 N–H and O–H groups in total. The maximum Gasteiger partial charge on any atom is 0.304 e. The Labute approximate surface area is 382 Å². The number of nitrogens with zero attached hydrogens (tertiary/aromatic N) is 2. The van der Waals surface area contributed by atoms with Crippen LogP contribution in [0.2, 0.25) is 0 Å². The molecular weight excluding hydrogens is 955 g/mol. The first-order valence-corrected chi connectivity index (χ1v) is 28.5. The SMILES string of the molecule is CC1(C)C(/C=C/C=C/C=C2/N(CCCS(=O)(=O)[O-])c3ccc(S(=O)(=O)O)cc3C2(C)CCCCC(=O)NCCSSCCC(=O)O)=[N+](CCCS(=O)(=O)O)c2ccc(S(=O)(=O)O)cc21. The molecule has 2 aliphatic heterocycles. The largest absolute Gasteiger partial charge is 0.748 e. The van der Waals surface area contributed by atoms with Crippen LogP contribution in [0.15, 0.2) is 82.3 Å². The summed E-state index contributed by atoms with van der Waals surface area (Å²) >= 11 is 0. The van der Waals surface area contributed by atoms with E-state index in [0.717, 1.165) is 0 Å². The number of rotatable bonds is 25. The molecule has 0 radical (unpaired) electrons. The minimum absolute atomic E-state index is 0.0241. The third-order valence-electron chi connectivity index (χ3n) is 10.8. The van der Waals surface area contributed by atoms with Crippen LogP contribution in [-0.2, 0) is 60.9 Å². The predicted molar refractivity (Wildman–Crippen MR) is 245 cm³/mol. The van der Waals surface area contributed by atoms with Gasteiger partial charge in [0, 0.05) is 77.7 Å². The van der Waals surface area contributed by atoms with Crippen molar-refractivity contribution in [2.24, 2.45) is 0 Å². The van der Waals surface area contributed by atoms with Crippen LogP contribution in [0.25, 0.3) is 0 Å². The number of unbranched alkanes of at least 4 members (excludes halogenated alkanes) is 1. The number of carbonyl (C=O) groups excluding carboxylic acids is 1. The van der Waals surface area contributed by atoms with Gasteiger partial charge in [-0.25, -0.2) is 8.42 Å². The molecular formula is C40H53N3O15S6. The van der Waals surface area contributed by atoms with E-state index in [2.05, 4.69) is 5.32 Å². The summed E-state index contributed by atoms with van der Waals surface area (Å²) in [6.45, 7) is 6.07. The van der Waals surface area contributed by atoms with Crippen LogP contribution in [0.3, 0.4) is 0 Å². The summed E-state index contributed by atoms with van der Waals surface area (Å²) in [6, 6.07) is 8.16. The van der Waals surface area contributed by atoms with Crippen LogP contribution < -0.4 is 10.2 Å². The van der Waals surface area contributed by atoms with Crippen LogP contribution >= 0.6 is 21.6 Å². The van der Waals surface area contributed by atoms with Crippen molar-refractivity contribution in [1.82, 2.24) is 5.32 Å². The fourth-order valence-corrected chi connectivity index (χ4v) is 11.6. The molecule has 64 heavy (non-hydrogen) atoms. The fourth-order valence-electron chi connectivity index (χ4n) is 7.75. The molecule has 0 fully saturated rings. The Morgan fingerprint density at radius 2 is 1.44 bits per heavy atom. The second-order valence-electron chi connectivity index (χ2n) is 15.8. The maximum atomic E-state index is 12.7. The number of carboxylic acid groups (broad SMARTS) is 1. The van der Waals surface area contributed by atoms with Gasteiger partial charge < -0.3 is 19.9 Å². The van der Waals surface area contributed by atoms with Crippen molar-refractivity contribution in [1.29, 1.82) is 0 Å². The van der Waals surface area contributed by atoms with E-state index in [9.17, 15) is 61.5 Å². The first-order valence-electron chi connectivity index (χ1n) is 20.0. The molecule has 1 unspecified atom stereocenters. The van der Waals surface area contributed by atoms with E-state index >= 15 is 0 Å². The molecule has 0 bridgehead atoms. The monoisotopic (exact) mass is 1010 g/mol. The smallest absolute Gasteiger partial charge is 0.304 e. The van der Waals surface area contributed by atoms with Crippen LogP contribution in [-0.4, -0.2) is 122 Å². The Bertz CT molecular complexity index is 2660. The van der Waals surface area contributed by atoms with E-state index in [1.807, 2.05) is 20.8 Å². The number of anilines is 1. The molecule has 2 aromatic carbocycles. The van der Waals surface area contributed by atoms with E-state index in [4.69, 9.17) is 5.11 Å². The fraction of sp³-hybridized carbons (Fsp3) is 0.475. The van der Waals surface area contributed by atoms with Crippen LogP contribution in [0, 0.1) is 0 Å². The van der Waals surface area contributed by atoms with Gasteiger partial charge in [-0.1, -0.05) is 46.2 Å². The third kappa shape index (κ3) is 14.7. The predicted octanol–water partition coefficient (Wildman–Crippen LogP) is 5.08. The number of carboxylic acids is 1. The zero-order valence-electron chi connectivity index (χ0n) is 35.4. The molecule has 0 aromatic heterocycles. The van der Waals surface area contributed by atoms with Crippen molar-refractivity contribution >= 4 is 91.0 Å². The van der Waals surface area contributed by atoms with Gasteiger partial charge in [-0.3, -0.25) is 23.2 Å². The summed E-state index contributed by atoms with van der Waals surface area (Å²) in [6.07, 6.45) is 10.0. The number of amides is 1. The highest BCUT2D eigenvalue weighted by Crippen LogP contribution is 2.51. The average Bonchev–Trinajstić information content (AvgIpc) is 3.53. The quantitative estimate of drug-likeness (QED) is 0.0285. The Balaban J connectivity index is 1.66. The second-order valence-corrected chi connectivity index (χ2v) is 24.5. The van der Waals surface area contributed by atoms with E-state index in [1.54, 1.807) is 39.9 Å². The number of nitrogens with one attached hydrogen (secondary N) is 1. The summed E-state index contributed by atoms with van der Waals surface area (Å²) in [5.41, 5.74) is 1.57. The van der Waals surface area contributed by atoms with Crippen molar-refractivity contribution in [3.63, 3.8) is 0 Å². The molecule has 0 saturated carbocycles. The second kappa shape index (κ2) is 21.8. The summed E-state index contributed by atoms with van der Waals surface area (Å²) in [5, 5.41) is 11.6. The van der Waals surface area contributed by atoms with Crippen LogP contribution in [0.5, 0.6) is 0 Å². The number of fused-ring (bicyclic) bond motifs is 2. The summed E-state index contributed by atoms with van der Waals surface area (Å²) in [7, 11) is -15.2. The Morgan fingerprint density at radius 1 is 0.797 bits per heavy atom. The van der Waals surface area contributed by atoms with Crippen molar-refractivity contribution < 1.29 is 71.2 Å². The summed E-state index contributed by atoms with van der Waals surface area (Å²) in [4.78, 5) is 24.4. The molecule has 2 aromatic rings. The van der Waals surface area contributed by atoms with Gasteiger partial charge in [0.25, 0.3) is 30.4 Å². The molecule has 24 heteroatoms. The number of allylic oxidation sites excluding steroid dienone is 6. The number of hydrogen-bond donors (Lipinski definition) is 5. The lowest BCUT2D eigenvalue weighted by Gasteiger charge is -2.30. The van der Waals surface area contributed by atoms with Crippen LogP contribution in [0.4, 0.5) is 11.4 Å². The molecule has 0 saturated heterocycles. The maximum absolute atomic E-state index is 12.7. The van der Waals surface area contributed by atoms with Gasteiger partial charge in [-0.05, 0) is 82.0 Å². The molecule has 4 rings (SSSR count). The van der Waals surface area contributed by atoms with Gasteiger partial charge in [-0.15, -0.1) is 0 Å². The zero-order chi connectivity index (χ0) is 47.7. The number of benzene rings is 2. The minimum Gasteiger partial charge on any atom is -0.748 e. The first kappa shape index (κ1) is 53.0. The summed E-state index contributed by atoms with van der Waals surface area (Å²) < 4.78 is 138. The summed E-state index contributed by atoms with van der Waals surface area (Å²) in [5.74, 6) is -1.23. The molecule has 18 nitrogen and oxygen atoms in total. The molecule has 2 heterocycles. The van der Waals surface area contributed by atoms with Crippen molar-refractivity contribution in [3.8, 4) is 0 Å². The lowest BCUT2D eigenvalue weighted by Crippen LogP contribution is -2.30. The van der Waals surface area contributed by atoms with Crippen LogP contribution in [0.1, 0.15) is 76.8 Å². The van der Waals surface area contributed by atoms with E-state index < -0.39 is 68.8 Å². The number of hydrogen-bond acceptors (Lipinski definition) is 14. The van der Waals surface area contributed by atoms with Crippen molar-refractivity contribution in [2.45, 2.75) is 86.3 Å². The van der Waals surface area contributed by atoms with E-state index in [1.165, 1.54) is 58.0 Å². The Morgan fingerprint density at radius 3 is 2.06 bits per heavy atom. The van der Waals surface area contributed by atoms with Crippen molar-refractivity contribution in [3.05, 3.63) is 83.6 Å². The molecule has 2 aliphatic rings. The average molecular weight is 1010 g/mol. The van der Waals surface area contributed by atoms with Gasteiger partial charge in [0.05, 0.1) is 37.5 Å². The molecule has 0 aliphatic carbocycles. The third-order valence-corrected chi connectivity index (χ3v) is 16.5. The standard InChI is InChI=1S/C40H53N3O15S6/c1-39(2)31-27-29(63(53,54)55)14-16-33(31)42(21-9-25-61(47,48)49)35(39)11-5-4-6-12-36-40(3,19-8-7-13-37(44)41-20-24-60-59-23-18-38(45)46)32-28-30(64(56,57)58)15-17-34(32)43(36)22-10-26-62(50,51)52/h4-6,11-12,14-17,27-28H,7-10,13,18-26H2,1-3H3,(H5-,41,44,45,46,47,48,49,50,51,52,53,54,55,56,57,58). The Kier molecular flexibility index (Phi) is 18.1. The zero-order valence-corrected chi connectivity index (χ0v) is 40.3. The normalized spacial score (nSPS) is 18.4. The first-order chi connectivity index (χ1) is 29.6. The number of aliphatic carboxylic acids is 1. The van der Waals surface area contributed by atoms with Gasteiger partial charge in [0.1, 0.15) is 6.54 Å². The lowest BCUT2D eigenvalue weighted by atomic mass is 9.77. The van der Waals surface area contributed by atoms with E-state index in [-0.39, 0.29) is 54.5 Å². The Hall–Kier alpha value is -3.59. The minimum atomic E-state index is -4.65. The highest BCUT2D eigenvalue weighted by atomic mass is 33.1. The highest BCUT2D eigenvalue weighted by molar-refractivity contribution is 8.76. The highest BCUT2D eigenvalue weighted by Gasteiger charge is 2.45. The van der Waals surface area contributed by atoms with Gasteiger partial charge in [-0.2, -0.15) is 29.8 Å². The number of carbonyl (C=O) groups is 2. The van der Waals surface area contributed by atoms with Gasteiger partial charge >= 0.3 is 5.97 Å². The van der Waals surface area contributed by atoms with Gasteiger partial charge in [0.15, 0.2) is 5.71 Å². The van der Waals surface area contributed by atoms with E-state index in [0.29, 0.717) is 71.2 Å². The van der Waals surface area contributed by atoms with Gasteiger partial charge in [0.2, 0.25) is 11.6 Å². The lowest BCUT2D eigenvalue weighted by molar-refractivity contribution is -0.437. The molecule has 1 atom stereocenters. The molecule has 0 spiro atoms. The molecule has 1 amide bonds. The topological polar surface area (TPSA) is 293 Å². The van der Waals surface area contributed by atoms with Crippen molar-refractivity contribution in [2.75, 3.05) is 47.5 Å². The molecule has 354 valence electrons.